The van der Waals surface area contributed by atoms with E-state index in [9.17, 15) is 13.9 Å². The molecule has 2 heterocycles. The summed E-state index contributed by atoms with van der Waals surface area (Å²) in [7, 11) is 0. The third kappa shape index (κ3) is 6.25. The lowest BCUT2D eigenvalue weighted by Gasteiger charge is -2.42. The first-order valence-electron chi connectivity index (χ1n) is 9.12. The zero-order valence-electron chi connectivity index (χ0n) is 14.6. The third-order valence-electron chi connectivity index (χ3n) is 5.35. The molecule has 2 aliphatic rings. The van der Waals surface area contributed by atoms with Crippen LogP contribution in [-0.4, -0.2) is 90.7 Å². The molecule has 0 amide bonds. The Balaban J connectivity index is 1.73. The van der Waals surface area contributed by atoms with Crippen LogP contribution in [-0.2, 0) is 0 Å². The molecular formula is C17H33F2N3O. The first kappa shape index (κ1) is 19.0. The summed E-state index contributed by atoms with van der Waals surface area (Å²) in [5, 5.41) is 10.4. The van der Waals surface area contributed by atoms with Crippen LogP contribution in [0.1, 0.15) is 33.1 Å². The highest BCUT2D eigenvalue weighted by atomic mass is 19.3. The van der Waals surface area contributed by atoms with E-state index in [1.165, 1.54) is 12.8 Å². The first-order valence-corrected chi connectivity index (χ1v) is 9.12. The molecule has 0 aromatic carbocycles. The maximum Gasteiger partial charge on any atom is 0.251 e. The van der Waals surface area contributed by atoms with Gasteiger partial charge in [0.1, 0.15) is 0 Å². The lowest BCUT2D eigenvalue weighted by Crippen LogP contribution is -2.56. The number of alkyl halides is 2. The second-order valence-electron chi connectivity index (χ2n) is 7.34. The summed E-state index contributed by atoms with van der Waals surface area (Å²) in [5.41, 5.74) is 0. The van der Waals surface area contributed by atoms with Crippen molar-refractivity contribution in [3.8, 4) is 0 Å². The summed E-state index contributed by atoms with van der Waals surface area (Å²) in [6, 6.07) is 0.181. The number of likely N-dealkylation sites (tertiary alicyclic amines) is 1. The van der Waals surface area contributed by atoms with E-state index >= 15 is 0 Å². The molecule has 2 unspecified atom stereocenters. The van der Waals surface area contributed by atoms with E-state index in [4.69, 9.17) is 0 Å². The topological polar surface area (TPSA) is 30.0 Å². The average molecular weight is 333 g/mol. The van der Waals surface area contributed by atoms with Crippen LogP contribution < -0.4 is 0 Å². The molecule has 2 aliphatic heterocycles. The number of aliphatic hydroxyl groups is 1. The molecule has 6 heteroatoms. The summed E-state index contributed by atoms with van der Waals surface area (Å²) in [4.78, 5) is 6.50. The van der Waals surface area contributed by atoms with Crippen molar-refractivity contribution in [2.24, 2.45) is 5.92 Å². The van der Waals surface area contributed by atoms with Gasteiger partial charge in [-0.15, -0.1) is 0 Å². The molecule has 0 bridgehead atoms. The van der Waals surface area contributed by atoms with Crippen molar-refractivity contribution >= 4 is 0 Å². The SMILES string of the molecule is CCC1CN(CC(O)CN2CCC(C)CC2)CCN1CC(F)F. The van der Waals surface area contributed by atoms with Gasteiger partial charge >= 0.3 is 0 Å². The number of β-amino-alcohol motifs (C(OH)–C–C–N with tert-alkyl or cyclic N) is 1. The van der Waals surface area contributed by atoms with Crippen molar-refractivity contribution in [3.05, 3.63) is 0 Å². The van der Waals surface area contributed by atoms with E-state index in [0.29, 0.717) is 13.1 Å². The highest BCUT2D eigenvalue weighted by Crippen LogP contribution is 2.17. The molecule has 23 heavy (non-hydrogen) atoms. The van der Waals surface area contributed by atoms with Gasteiger partial charge in [-0.25, -0.2) is 8.78 Å². The van der Waals surface area contributed by atoms with Gasteiger partial charge in [-0.2, -0.15) is 0 Å². The van der Waals surface area contributed by atoms with E-state index in [0.717, 1.165) is 45.1 Å². The molecule has 0 aromatic heterocycles. The van der Waals surface area contributed by atoms with Gasteiger partial charge in [-0.1, -0.05) is 13.8 Å². The van der Waals surface area contributed by atoms with Gasteiger partial charge in [-0.3, -0.25) is 9.80 Å². The Morgan fingerprint density at radius 3 is 2.26 bits per heavy atom. The van der Waals surface area contributed by atoms with Crippen LogP contribution in [0.3, 0.4) is 0 Å². The number of hydrogen-bond donors (Lipinski definition) is 1. The average Bonchev–Trinajstić information content (AvgIpc) is 2.50. The molecule has 0 saturated carbocycles. The Kier molecular flexibility index (Phi) is 7.66. The zero-order valence-corrected chi connectivity index (χ0v) is 14.6. The maximum atomic E-state index is 12.6. The Morgan fingerprint density at radius 2 is 1.65 bits per heavy atom. The van der Waals surface area contributed by atoms with Crippen LogP contribution in [0.5, 0.6) is 0 Å². The summed E-state index contributed by atoms with van der Waals surface area (Å²) in [6.45, 7) is 10.0. The quantitative estimate of drug-likeness (QED) is 0.769. The van der Waals surface area contributed by atoms with Gasteiger partial charge in [-0.05, 0) is 38.3 Å². The molecule has 2 atom stereocenters. The number of nitrogens with zero attached hydrogens (tertiary/aromatic N) is 3. The molecule has 0 aromatic rings. The largest absolute Gasteiger partial charge is 0.390 e. The predicted octanol–water partition coefficient (Wildman–Crippen LogP) is 1.74. The molecule has 2 saturated heterocycles. The fraction of sp³-hybridized carbons (Fsp3) is 1.00. The smallest absolute Gasteiger partial charge is 0.251 e. The molecule has 0 spiro atoms. The van der Waals surface area contributed by atoms with Gasteiger partial charge in [0.05, 0.1) is 12.6 Å². The van der Waals surface area contributed by atoms with Gasteiger partial charge < -0.3 is 10.0 Å². The minimum Gasteiger partial charge on any atom is -0.390 e. The first-order chi connectivity index (χ1) is 11.0. The van der Waals surface area contributed by atoms with Gasteiger partial charge in [0, 0.05) is 38.8 Å². The lowest BCUT2D eigenvalue weighted by atomic mass is 9.99. The molecule has 0 radical (unpaired) electrons. The highest BCUT2D eigenvalue weighted by Gasteiger charge is 2.29. The van der Waals surface area contributed by atoms with E-state index in [-0.39, 0.29) is 18.7 Å². The molecule has 1 N–H and O–H groups in total. The van der Waals surface area contributed by atoms with Crippen LogP contribution in [0, 0.1) is 5.92 Å². The van der Waals surface area contributed by atoms with Crippen molar-refractivity contribution < 1.29 is 13.9 Å². The molecule has 136 valence electrons. The van der Waals surface area contributed by atoms with Crippen molar-refractivity contribution in [3.63, 3.8) is 0 Å². The lowest BCUT2D eigenvalue weighted by molar-refractivity contribution is -0.00167. The minimum atomic E-state index is -2.26. The summed E-state index contributed by atoms with van der Waals surface area (Å²) in [6.07, 6.45) is 0.710. The van der Waals surface area contributed by atoms with Gasteiger partial charge in [0.25, 0.3) is 6.43 Å². The van der Waals surface area contributed by atoms with Crippen molar-refractivity contribution in [1.29, 1.82) is 0 Å². The minimum absolute atomic E-state index is 0.124. The molecule has 2 fully saturated rings. The summed E-state index contributed by atoms with van der Waals surface area (Å²) < 4.78 is 25.2. The second-order valence-corrected chi connectivity index (χ2v) is 7.34. The van der Waals surface area contributed by atoms with Gasteiger partial charge in [0.2, 0.25) is 0 Å². The van der Waals surface area contributed by atoms with Gasteiger partial charge in [0.15, 0.2) is 0 Å². The molecule has 2 rings (SSSR count). The fourth-order valence-corrected chi connectivity index (χ4v) is 3.83. The Hall–Kier alpha value is -0.300. The number of halogens is 2. The second kappa shape index (κ2) is 9.25. The normalized spacial score (nSPS) is 27.7. The maximum absolute atomic E-state index is 12.6. The predicted molar refractivity (Wildman–Crippen MR) is 88.9 cm³/mol. The van der Waals surface area contributed by atoms with E-state index in [2.05, 4.69) is 23.6 Å². The number of piperidine rings is 1. The Bertz CT molecular complexity index is 338. The highest BCUT2D eigenvalue weighted by molar-refractivity contribution is 4.83. The van der Waals surface area contributed by atoms with E-state index in [1.807, 2.05) is 4.90 Å². The number of hydrogen-bond acceptors (Lipinski definition) is 4. The number of rotatable bonds is 7. The summed E-state index contributed by atoms with van der Waals surface area (Å²) >= 11 is 0. The molecule has 4 nitrogen and oxygen atoms in total. The molecule has 0 aliphatic carbocycles. The van der Waals surface area contributed by atoms with Crippen LogP contribution in [0.2, 0.25) is 0 Å². The summed E-state index contributed by atoms with van der Waals surface area (Å²) in [5.74, 6) is 0.802. The molecular weight excluding hydrogens is 300 g/mol. The van der Waals surface area contributed by atoms with Crippen LogP contribution in [0.15, 0.2) is 0 Å². The van der Waals surface area contributed by atoms with E-state index in [1.54, 1.807) is 0 Å². The van der Waals surface area contributed by atoms with Crippen LogP contribution in [0.4, 0.5) is 8.78 Å². The monoisotopic (exact) mass is 333 g/mol. The Labute approximate surface area is 139 Å². The fourth-order valence-electron chi connectivity index (χ4n) is 3.83. The number of piperazine rings is 1. The van der Waals surface area contributed by atoms with Crippen LogP contribution in [0.25, 0.3) is 0 Å². The Morgan fingerprint density at radius 1 is 1.00 bits per heavy atom. The standard InChI is InChI=1S/C17H33F2N3O/c1-3-15-10-21(8-9-22(15)13-17(18)19)12-16(23)11-20-6-4-14(2)5-7-20/h14-17,23H,3-13H2,1-2H3. The van der Waals surface area contributed by atoms with Crippen molar-refractivity contribution in [2.45, 2.75) is 51.7 Å². The van der Waals surface area contributed by atoms with Crippen LogP contribution >= 0.6 is 0 Å². The van der Waals surface area contributed by atoms with E-state index < -0.39 is 6.43 Å². The number of aliphatic hydroxyl groups excluding tert-OH is 1. The van der Waals surface area contributed by atoms with Crippen molar-refractivity contribution in [2.75, 3.05) is 52.4 Å². The third-order valence-corrected chi connectivity index (χ3v) is 5.35. The van der Waals surface area contributed by atoms with Crippen molar-refractivity contribution in [1.82, 2.24) is 14.7 Å². The zero-order chi connectivity index (χ0) is 16.8.